The topological polar surface area (TPSA) is 73.0 Å². The average Bonchev–Trinajstić information content (AvgIpc) is 3.44. The highest BCUT2D eigenvalue weighted by Crippen LogP contribution is 2.37. The molecule has 7 nitrogen and oxygen atoms in total. The maximum Gasteiger partial charge on any atom is 0.263 e. The highest BCUT2D eigenvalue weighted by atomic mass is 79.9. The summed E-state index contributed by atoms with van der Waals surface area (Å²) in [4.78, 5) is 32.9. The second-order valence-corrected chi connectivity index (χ2v) is 10.3. The smallest absolute Gasteiger partial charge is 0.263 e. The van der Waals surface area contributed by atoms with Gasteiger partial charge in [-0.05, 0) is 46.6 Å². The number of carbonyl (C=O) groups excluding carboxylic acids is 1. The summed E-state index contributed by atoms with van der Waals surface area (Å²) in [7, 11) is 0. The van der Waals surface area contributed by atoms with Crippen LogP contribution in [0.4, 0.5) is 8.78 Å². The Balaban J connectivity index is 1.58. The van der Waals surface area contributed by atoms with E-state index in [4.69, 9.17) is 0 Å². The number of aromatic nitrogens is 4. The molecule has 0 atom stereocenters. The van der Waals surface area contributed by atoms with Crippen molar-refractivity contribution in [3.05, 3.63) is 68.5 Å². The molecule has 1 fully saturated rings. The second kappa shape index (κ2) is 9.02. The first kappa shape index (κ1) is 23.4. The summed E-state index contributed by atoms with van der Waals surface area (Å²) >= 11 is 4.45. The van der Waals surface area contributed by atoms with Gasteiger partial charge >= 0.3 is 0 Å². The van der Waals surface area contributed by atoms with Crippen molar-refractivity contribution in [2.45, 2.75) is 25.7 Å². The standard InChI is InChI=1S/C24H18BrF2N5O2S/c1-24(27)12-31(13-24)19(33)11-30-14-28-22-21(23(30)34)20(15-5-6-17(26)16(25)10-15)18(35-22)4-2-8-32-9-3-7-29-32/h3,5-7,9-10,14H,8,11-13H2,1H3. The van der Waals surface area contributed by atoms with Crippen LogP contribution in [0.5, 0.6) is 0 Å². The minimum atomic E-state index is -1.40. The fourth-order valence-corrected chi connectivity index (χ4v) is 5.33. The molecule has 0 unspecified atom stereocenters. The van der Waals surface area contributed by atoms with Gasteiger partial charge in [0.25, 0.3) is 5.56 Å². The van der Waals surface area contributed by atoms with Crippen LogP contribution >= 0.6 is 27.3 Å². The van der Waals surface area contributed by atoms with Gasteiger partial charge < -0.3 is 4.90 Å². The minimum absolute atomic E-state index is 0.000443. The molecule has 1 amide bonds. The Morgan fingerprint density at radius 3 is 2.83 bits per heavy atom. The lowest BCUT2D eigenvalue weighted by atomic mass is 9.99. The fraction of sp³-hybridized carbons (Fsp3) is 0.250. The Bertz CT molecular complexity index is 1560. The average molecular weight is 558 g/mol. The summed E-state index contributed by atoms with van der Waals surface area (Å²) in [5.41, 5.74) is -0.702. The number of carbonyl (C=O) groups is 1. The Morgan fingerprint density at radius 2 is 2.14 bits per heavy atom. The van der Waals surface area contributed by atoms with Gasteiger partial charge in [0.1, 0.15) is 29.4 Å². The molecular formula is C24H18BrF2N5O2S. The number of fused-ring (bicyclic) bond motifs is 1. The molecule has 1 aliphatic rings. The predicted octanol–water partition coefficient (Wildman–Crippen LogP) is 3.85. The molecule has 5 rings (SSSR count). The van der Waals surface area contributed by atoms with E-state index < -0.39 is 17.0 Å². The zero-order valence-electron chi connectivity index (χ0n) is 18.5. The summed E-state index contributed by atoms with van der Waals surface area (Å²) in [6.07, 6.45) is 4.77. The van der Waals surface area contributed by atoms with Gasteiger partial charge in [-0.25, -0.2) is 13.8 Å². The zero-order valence-corrected chi connectivity index (χ0v) is 20.9. The summed E-state index contributed by atoms with van der Waals surface area (Å²) < 4.78 is 30.9. The van der Waals surface area contributed by atoms with Crippen molar-refractivity contribution in [2.75, 3.05) is 13.1 Å². The van der Waals surface area contributed by atoms with Crippen LogP contribution in [0.15, 0.2) is 52.3 Å². The van der Waals surface area contributed by atoms with Crippen molar-refractivity contribution in [1.29, 1.82) is 0 Å². The van der Waals surface area contributed by atoms with Gasteiger partial charge in [-0.2, -0.15) is 5.10 Å². The Hall–Kier alpha value is -3.36. The molecule has 1 aromatic carbocycles. The molecule has 4 heterocycles. The molecule has 0 saturated carbocycles. The number of alkyl halides is 1. The largest absolute Gasteiger partial charge is 0.335 e. The van der Waals surface area contributed by atoms with Gasteiger partial charge in [-0.1, -0.05) is 17.9 Å². The summed E-state index contributed by atoms with van der Waals surface area (Å²) in [5.74, 6) is 5.36. The summed E-state index contributed by atoms with van der Waals surface area (Å²) in [6.45, 7) is 1.53. The highest BCUT2D eigenvalue weighted by Gasteiger charge is 2.41. The third-order valence-electron chi connectivity index (χ3n) is 5.59. The van der Waals surface area contributed by atoms with E-state index in [-0.39, 0.29) is 30.0 Å². The summed E-state index contributed by atoms with van der Waals surface area (Å²) in [6, 6.07) is 6.26. The second-order valence-electron chi connectivity index (χ2n) is 8.46. The third-order valence-corrected chi connectivity index (χ3v) is 7.21. The van der Waals surface area contributed by atoms with Crippen LogP contribution in [0.1, 0.15) is 11.8 Å². The van der Waals surface area contributed by atoms with E-state index in [9.17, 15) is 18.4 Å². The highest BCUT2D eigenvalue weighted by molar-refractivity contribution is 9.10. The molecule has 0 N–H and O–H groups in total. The first-order valence-corrected chi connectivity index (χ1v) is 12.2. The molecule has 0 aliphatic carbocycles. The minimum Gasteiger partial charge on any atom is -0.335 e. The molecule has 0 radical (unpaired) electrons. The number of hydrogen-bond donors (Lipinski definition) is 0. The molecular weight excluding hydrogens is 540 g/mol. The van der Waals surface area contributed by atoms with E-state index in [0.717, 1.165) is 0 Å². The van der Waals surface area contributed by atoms with Crippen LogP contribution in [0.3, 0.4) is 0 Å². The number of hydrogen-bond acceptors (Lipinski definition) is 5. The van der Waals surface area contributed by atoms with Gasteiger partial charge in [0, 0.05) is 18.0 Å². The van der Waals surface area contributed by atoms with Crippen molar-refractivity contribution >= 4 is 43.4 Å². The van der Waals surface area contributed by atoms with Crippen molar-refractivity contribution in [1.82, 2.24) is 24.2 Å². The number of amides is 1. The molecule has 4 aromatic rings. The molecule has 0 bridgehead atoms. The van der Waals surface area contributed by atoms with Crippen molar-refractivity contribution < 1.29 is 13.6 Å². The maximum atomic E-state index is 13.9. The number of thiophene rings is 1. The van der Waals surface area contributed by atoms with Gasteiger partial charge in [-0.3, -0.25) is 18.8 Å². The van der Waals surface area contributed by atoms with Crippen LogP contribution in [0.2, 0.25) is 0 Å². The van der Waals surface area contributed by atoms with Crippen LogP contribution < -0.4 is 5.56 Å². The number of halogens is 3. The molecule has 35 heavy (non-hydrogen) atoms. The summed E-state index contributed by atoms with van der Waals surface area (Å²) in [5, 5.41) is 4.42. The van der Waals surface area contributed by atoms with Gasteiger partial charge in [-0.15, -0.1) is 11.3 Å². The van der Waals surface area contributed by atoms with Gasteiger partial charge in [0.2, 0.25) is 5.91 Å². The fourth-order valence-electron chi connectivity index (χ4n) is 3.92. The zero-order chi connectivity index (χ0) is 24.7. The van der Waals surface area contributed by atoms with E-state index in [1.54, 1.807) is 35.3 Å². The lowest BCUT2D eigenvalue weighted by molar-refractivity contribution is -0.144. The van der Waals surface area contributed by atoms with E-state index >= 15 is 0 Å². The SMILES string of the molecule is CC1(F)CN(C(=O)Cn2cnc3sc(C#CCn4cccn4)c(-c4ccc(F)c(Br)c4)c3c2=O)C1. The molecule has 3 aromatic heterocycles. The Labute approximate surface area is 211 Å². The van der Waals surface area contributed by atoms with Crippen LogP contribution in [0.25, 0.3) is 21.3 Å². The Morgan fingerprint density at radius 1 is 1.34 bits per heavy atom. The lowest BCUT2D eigenvalue weighted by Gasteiger charge is -2.42. The number of likely N-dealkylation sites (tertiary alicyclic amines) is 1. The first-order valence-electron chi connectivity index (χ1n) is 10.6. The van der Waals surface area contributed by atoms with E-state index in [2.05, 4.69) is 37.9 Å². The van der Waals surface area contributed by atoms with E-state index in [1.165, 1.54) is 40.1 Å². The monoisotopic (exact) mass is 557 g/mol. The van der Waals surface area contributed by atoms with E-state index in [0.29, 0.717) is 32.8 Å². The van der Waals surface area contributed by atoms with Crippen LogP contribution in [-0.2, 0) is 17.9 Å². The van der Waals surface area contributed by atoms with Crippen LogP contribution in [-0.4, -0.2) is 48.9 Å². The predicted molar refractivity (Wildman–Crippen MR) is 132 cm³/mol. The molecule has 178 valence electrons. The quantitative estimate of drug-likeness (QED) is 0.357. The molecule has 11 heteroatoms. The molecule has 0 spiro atoms. The molecule has 1 saturated heterocycles. The number of benzene rings is 1. The van der Waals surface area contributed by atoms with Crippen molar-refractivity contribution in [3.63, 3.8) is 0 Å². The Kier molecular flexibility index (Phi) is 6.02. The van der Waals surface area contributed by atoms with Gasteiger partial charge in [0.15, 0.2) is 0 Å². The lowest BCUT2D eigenvalue weighted by Crippen LogP contribution is -2.60. The van der Waals surface area contributed by atoms with E-state index in [1.807, 2.05) is 0 Å². The number of nitrogens with zero attached hydrogens (tertiary/aromatic N) is 5. The molecule has 1 aliphatic heterocycles. The van der Waals surface area contributed by atoms with Crippen molar-refractivity contribution in [3.8, 4) is 23.0 Å². The normalized spacial score (nSPS) is 14.5. The van der Waals surface area contributed by atoms with Crippen LogP contribution in [0, 0.1) is 17.7 Å². The third kappa shape index (κ3) is 4.63. The van der Waals surface area contributed by atoms with Gasteiger partial charge in [0.05, 0.1) is 34.2 Å². The maximum absolute atomic E-state index is 13.9. The number of rotatable bonds is 4. The van der Waals surface area contributed by atoms with Crippen molar-refractivity contribution in [2.24, 2.45) is 0 Å². The first-order chi connectivity index (χ1) is 16.7.